The van der Waals surface area contributed by atoms with Gasteiger partial charge in [-0.05, 0) is 43.5 Å². The van der Waals surface area contributed by atoms with Crippen LogP contribution < -0.4 is 5.32 Å². The topological polar surface area (TPSA) is 15.3 Å². The number of hydrogen-bond acceptors (Lipinski definition) is 3. The summed E-state index contributed by atoms with van der Waals surface area (Å²) in [6, 6.07) is 5.38. The van der Waals surface area contributed by atoms with Crippen LogP contribution in [0.25, 0.3) is 0 Å². The molecule has 1 atom stereocenters. The minimum Gasteiger partial charge on any atom is -0.315 e. The Kier molecular flexibility index (Phi) is 5.04. The molecule has 1 aromatic heterocycles. The van der Waals surface area contributed by atoms with E-state index in [9.17, 15) is 0 Å². The second-order valence-electron chi connectivity index (χ2n) is 6.63. The molecule has 1 fully saturated rings. The van der Waals surface area contributed by atoms with Crippen molar-refractivity contribution in [2.45, 2.75) is 58.5 Å². The maximum atomic E-state index is 3.49. The molecule has 1 aromatic rings. The number of hydrogen-bond donors (Lipinski definition) is 1. The van der Waals surface area contributed by atoms with Crippen molar-refractivity contribution in [2.75, 3.05) is 19.6 Å². The second-order valence-corrected chi connectivity index (χ2v) is 7.80. The lowest BCUT2D eigenvalue weighted by Crippen LogP contribution is -2.36. The molecule has 19 heavy (non-hydrogen) atoms. The summed E-state index contributed by atoms with van der Waals surface area (Å²) in [5, 5.41) is 3.49. The van der Waals surface area contributed by atoms with Gasteiger partial charge in [-0.2, -0.15) is 0 Å². The molecular formula is C16H28N2S. The van der Waals surface area contributed by atoms with E-state index < -0.39 is 0 Å². The molecule has 0 aromatic carbocycles. The molecular weight excluding hydrogens is 252 g/mol. The molecule has 2 heterocycles. The van der Waals surface area contributed by atoms with Crippen LogP contribution in [0.5, 0.6) is 0 Å². The molecule has 0 spiro atoms. The van der Waals surface area contributed by atoms with Crippen molar-refractivity contribution < 1.29 is 0 Å². The van der Waals surface area contributed by atoms with Gasteiger partial charge in [-0.15, -0.1) is 11.3 Å². The molecule has 2 nitrogen and oxygen atoms in total. The molecule has 1 N–H and O–H groups in total. The second kappa shape index (κ2) is 6.38. The fraction of sp³-hybridized carbons (Fsp3) is 0.750. The van der Waals surface area contributed by atoms with Crippen LogP contribution in [0.3, 0.4) is 0 Å². The highest BCUT2D eigenvalue weighted by atomic mass is 32.1. The van der Waals surface area contributed by atoms with E-state index in [1.165, 1.54) is 35.7 Å². The van der Waals surface area contributed by atoms with E-state index in [0.29, 0.717) is 0 Å². The lowest BCUT2D eigenvalue weighted by atomic mass is 9.95. The van der Waals surface area contributed by atoms with E-state index in [2.05, 4.69) is 50.0 Å². The standard InChI is InChI=1S/C16H28N2S/c1-5-10-18(13-8-9-17-11-13)12-14-6-7-15(19-14)16(2,3)4/h6-7,13,17H,5,8-12H2,1-4H3. The molecule has 0 bridgehead atoms. The van der Waals surface area contributed by atoms with Gasteiger partial charge in [0.25, 0.3) is 0 Å². The largest absolute Gasteiger partial charge is 0.315 e. The van der Waals surface area contributed by atoms with Crippen molar-refractivity contribution >= 4 is 11.3 Å². The first-order valence-electron chi connectivity index (χ1n) is 7.54. The van der Waals surface area contributed by atoms with Gasteiger partial charge in [0, 0.05) is 28.9 Å². The molecule has 0 amide bonds. The van der Waals surface area contributed by atoms with Gasteiger partial charge in [-0.25, -0.2) is 0 Å². The quantitative estimate of drug-likeness (QED) is 0.886. The van der Waals surface area contributed by atoms with Crippen molar-refractivity contribution in [2.24, 2.45) is 0 Å². The van der Waals surface area contributed by atoms with Crippen LogP contribution in [0.2, 0.25) is 0 Å². The zero-order chi connectivity index (χ0) is 13.9. The summed E-state index contributed by atoms with van der Waals surface area (Å²) in [6.45, 7) is 13.9. The molecule has 1 aliphatic rings. The highest BCUT2D eigenvalue weighted by molar-refractivity contribution is 7.12. The Labute approximate surface area is 122 Å². The monoisotopic (exact) mass is 280 g/mol. The van der Waals surface area contributed by atoms with E-state index in [-0.39, 0.29) is 5.41 Å². The third-order valence-electron chi connectivity index (χ3n) is 3.82. The first-order chi connectivity index (χ1) is 9.00. The van der Waals surface area contributed by atoms with E-state index >= 15 is 0 Å². The minimum atomic E-state index is 0.285. The lowest BCUT2D eigenvalue weighted by Gasteiger charge is -2.27. The summed E-state index contributed by atoms with van der Waals surface area (Å²) in [4.78, 5) is 5.69. The SMILES string of the molecule is CCCN(Cc1ccc(C(C)(C)C)s1)C1CCNC1. The minimum absolute atomic E-state index is 0.285. The molecule has 1 unspecified atom stereocenters. The third kappa shape index (κ3) is 4.04. The fourth-order valence-corrected chi connectivity index (χ4v) is 3.79. The predicted molar refractivity (Wildman–Crippen MR) is 85.0 cm³/mol. The predicted octanol–water partition coefficient (Wildman–Crippen LogP) is 3.62. The normalized spacial score (nSPS) is 20.4. The Hall–Kier alpha value is -0.380. The van der Waals surface area contributed by atoms with Gasteiger partial charge in [0.05, 0.1) is 0 Å². The molecule has 0 saturated carbocycles. The summed E-state index contributed by atoms with van der Waals surface area (Å²) >= 11 is 1.99. The Balaban J connectivity index is 2.02. The van der Waals surface area contributed by atoms with Gasteiger partial charge in [0.2, 0.25) is 0 Å². The number of thiophene rings is 1. The van der Waals surface area contributed by atoms with Crippen molar-refractivity contribution in [3.8, 4) is 0 Å². The van der Waals surface area contributed by atoms with Crippen LogP contribution in [0, 0.1) is 0 Å². The molecule has 3 heteroatoms. The summed E-state index contributed by atoms with van der Waals surface area (Å²) in [7, 11) is 0. The maximum absolute atomic E-state index is 3.49. The molecule has 0 radical (unpaired) electrons. The van der Waals surface area contributed by atoms with Gasteiger partial charge in [-0.3, -0.25) is 4.90 Å². The van der Waals surface area contributed by atoms with Crippen LogP contribution in [0.1, 0.15) is 50.3 Å². The smallest absolute Gasteiger partial charge is 0.0331 e. The molecule has 108 valence electrons. The Morgan fingerprint density at radius 2 is 2.16 bits per heavy atom. The maximum Gasteiger partial charge on any atom is 0.0331 e. The zero-order valence-electron chi connectivity index (χ0n) is 12.8. The Morgan fingerprint density at radius 1 is 1.37 bits per heavy atom. The highest BCUT2D eigenvalue weighted by Crippen LogP contribution is 2.30. The molecule has 1 saturated heterocycles. The van der Waals surface area contributed by atoms with Gasteiger partial charge in [0.15, 0.2) is 0 Å². The van der Waals surface area contributed by atoms with Crippen LogP contribution in [-0.2, 0) is 12.0 Å². The van der Waals surface area contributed by atoms with E-state index in [1.807, 2.05) is 11.3 Å². The zero-order valence-corrected chi connectivity index (χ0v) is 13.6. The molecule has 0 aliphatic carbocycles. The van der Waals surface area contributed by atoms with Crippen LogP contribution in [0.15, 0.2) is 12.1 Å². The fourth-order valence-electron chi connectivity index (χ4n) is 2.70. The number of nitrogens with one attached hydrogen (secondary N) is 1. The van der Waals surface area contributed by atoms with Crippen molar-refractivity contribution in [1.82, 2.24) is 10.2 Å². The first kappa shape index (κ1) is 15.0. The summed E-state index contributed by atoms with van der Waals surface area (Å²) < 4.78 is 0. The van der Waals surface area contributed by atoms with E-state index in [0.717, 1.165) is 19.1 Å². The summed E-state index contributed by atoms with van der Waals surface area (Å²) in [5.74, 6) is 0. The first-order valence-corrected chi connectivity index (χ1v) is 8.36. The van der Waals surface area contributed by atoms with Crippen LogP contribution in [-0.4, -0.2) is 30.6 Å². The van der Waals surface area contributed by atoms with E-state index in [1.54, 1.807) is 0 Å². The average molecular weight is 280 g/mol. The Bertz CT molecular complexity index is 386. The Morgan fingerprint density at radius 3 is 2.68 bits per heavy atom. The van der Waals surface area contributed by atoms with Gasteiger partial charge >= 0.3 is 0 Å². The third-order valence-corrected chi connectivity index (χ3v) is 5.32. The van der Waals surface area contributed by atoms with Gasteiger partial charge in [0.1, 0.15) is 0 Å². The highest BCUT2D eigenvalue weighted by Gasteiger charge is 2.23. The van der Waals surface area contributed by atoms with Crippen molar-refractivity contribution in [3.63, 3.8) is 0 Å². The van der Waals surface area contributed by atoms with Gasteiger partial charge in [-0.1, -0.05) is 27.7 Å². The summed E-state index contributed by atoms with van der Waals surface area (Å²) in [6.07, 6.45) is 2.55. The van der Waals surface area contributed by atoms with Crippen molar-refractivity contribution in [1.29, 1.82) is 0 Å². The number of rotatable bonds is 5. The van der Waals surface area contributed by atoms with Gasteiger partial charge < -0.3 is 5.32 Å². The summed E-state index contributed by atoms with van der Waals surface area (Å²) in [5.41, 5.74) is 0.285. The number of nitrogens with zero attached hydrogens (tertiary/aromatic N) is 1. The average Bonchev–Trinajstić information content (AvgIpc) is 2.98. The van der Waals surface area contributed by atoms with Crippen LogP contribution in [0.4, 0.5) is 0 Å². The lowest BCUT2D eigenvalue weighted by molar-refractivity contribution is 0.201. The van der Waals surface area contributed by atoms with Crippen LogP contribution >= 0.6 is 11.3 Å². The molecule has 2 rings (SSSR count). The van der Waals surface area contributed by atoms with E-state index in [4.69, 9.17) is 0 Å². The molecule has 1 aliphatic heterocycles. The van der Waals surface area contributed by atoms with Crippen molar-refractivity contribution in [3.05, 3.63) is 21.9 Å².